The van der Waals surface area contributed by atoms with Gasteiger partial charge in [0.25, 0.3) is 5.91 Å². The Kier molecular flexibility index (Phi) is 5.47. The molecule has 0 aromatic heterocycles. The molecule has 0 aliphatic carbocycles. The van der Waals surface area contributed by atoms with Crippen LogP contribution in [-0.4, -0.2) is 34.2 Å². The minimum atomic E-state index is -0.519. The molecule has 1 fully saturated rings. The van der Waals surface area contributed by atoms with Gasteiger partial charge in [0.15, 0.2) is 0 Å². The first-order valence-corrected chi connectivity index (χ1v) is 9.59. The SMILES string of the molecule is CC(C)(C)c1cc(/C=C2\SCN(CC(N)=O)C2=O)cc(C(C)(C)C)c1O. The van der Waals surface area contributed by atoms with Gasteiger partial charge in [-0.1, -0.05) is 53.3 Å². The Morgan fingerprint density at radius 1 is 1.19 bits per heavy atom. The van der Waals surface area contributed by atoms with Gasteiger partial charge in [-0.05, 0) is 34.6 Å². The number of nitrogens with zero attached hydrogens (tertiary/aromatic N) is 1. The summed E-state index contributed by atoms with van der Waals surface area (Å²) >= 11 is 1.39. The highest BCUT2D eigenvalue weighted by Crippen LogP contribution is 2.41. The van der Waals surface area contributed by atoms with Crippen LogP contribution < -0.4 is 5.73 Å². The lowest BCUT2D eigenvalue weighted by molar-refractivity contribution is -0.129. The number of phenols is 1. The Bertz CT molecular complexity index is 735. The van der Waals surface area contributed by atoms with Crippen LogP contribution in [0.1, 0.15) is 58.2 Å². The van der Waals surface area contributed by atoms with Crippen molar-refractivity contribution in [1.82, 2.24) is 4.90 Å². The molecule has 1 heterocycles. The third-order valence-electron chi connectivity index (χ3n) is 4.27. The predicted octanol–water partition coefficient (Wildman–Crippen LogP) is 3.35. The molecule has 26 heavy (non-hydrogen) atoms. The Morgan fingerprint density at radius 3 is 2.12 bits per heavy atom. The van der Waals surface area contributed by atoms with Crippen molar-refractivity contribution in [3.63, 3.8) is 0 Å². The lowest BCUT2D eigenvalue weighted by Crippen LogP contribution is -2.34. The van der Waals surface area contributed by atoms with Crippen LogP contribution in [-0.2, 0) is 20.4 Å². The second-order valence-corrected chi connectivity index (χ2v) is 9.70. The second-order valence-electron chi connectivity index (χ2n) is 8.72. The molecule has 0 saturated carbocycles. The lowest BCUT2D eigenvalue weighted by atomic mass is 9.78. The third-order valence-corrected chi connectivity index (χ3v) is 5.31. The van der Waals surface area contributed by atoms with Crippen LogP contribution in [0.25, 0.3) is 6.08 Å². The lowest BCUT2D eigenvalue weighted by Gasteiger charge is -2.28. The summed E-state index contributed by atoms with van der Waals surface area (Å²) in [6, 6.07) is 3.87. The molecule has 0 atom stereocenters. The third kappa shape index (κ3) is 4.41. The van der Waals surface area contributed by atoms with E-state index in [-0.39, 0.29) is 23.3 Å². The first-order valence-electron chi connectivity index (χ1n) is 8.60. The highest BCUT2D eigenvalue weighted by Gasteiger charge is 2.29. The van der Waals surface area contributed by atoms with E-state index in [1.807, 2.05) is 18.2 Å². The zero-order valence-electron chi connectivity index (χ0n) is 16.3. The Labute approximate surface area is 159 Å². The summed E-state index contributed by atoms with van der Waals surface area (Å²) in [4.78, 5) is 25.6. The van der Waals surface area contributed by atoms with Gasteiger partial charge in [0, 0.05) is 11.1 Å². The minimum absolute atomic E-state index is 0.0702. The molecule has 1 aliphatic heterocycles. The number of primary amides is 1. The van der Waals surface area contributed by atoms with Crippen LogP contribution in [0.15, 0.2) is 17.0 Å². The summed E-state index contributed by atoms with van der Waals surface area (Å²) in [6.45, 7) is 12.2. The summed E-state index contributed by atoms with van der Waals surface area (Å²) in [5.41, 5.74) is 7.30. The van der Waals surface area contributed by atoms with Crippen LogP contribution in [0.3, 0.4) is 0 Å². The highest BCUT2D eigenvalue weighted by atomic mass is 32.2. The monoisotopic (exact) mass is 376 g/mol. The van der Waals surface area contributed by atoms with Crippen molar-refractivity contribution in [2.45, 2.75) is 52.4 Å². The number of benzene rings is 1. The molecule has 2 rings (SSSR count). The Balaban J connectivity index is 2.50. The minimum Gasteiger partial charge on any atom is -0.507 e. The van der Waals surface area contributed by atoms with Crippen molar-refractivity contribution in [1.29, 1.82) is 0 Å². The maximum Gasteiger partial charge on any atom is 0.261 e. The van der Waals surface area contributed by atoms with Crippen LogP contribution >= 0.6 is 11.8 Å². The van der Waals surface area contributed by atoms with E-state index in [9.17, 15) is 14.7 Å². The molecule has 2 amide bonds. The van der Waals surface area contributed by atoms with E-state index in [0.717, 1.165) is 16.7 Å². The molecule has 1 saturated heterocycles. The van der Waals surface area contributed by atoms with Crippen molar-refractivity contribution in [3.05, 3.63) is 33.7 Å². The van der Waals surface area contributed by atoms with Crippen molar-refractivity contribution in [3.8, 4) is 5.75 Å². The van der Waals surface area contributed by atoms with E-state index in [1.165, 1.54) is 16.7 Å². The molecular formula is C20H28N2O3S. The number of hydrogen-bond donors (Lipinski definition) is 2. The van der Waals surface area contributed by atoms with E-state index in [4.69, 9.17) is 5.73 Å². The van der Waals surface area contributed by atoms with Crippen molar-refractivity contribution in [2.75, 3.05) is 12.4 Å². The second kappa shape index (κ2) is 6.99. The number of phenolic OH excluding ortho intramolecular Hbond substituents is 1. The molecule has 0 radical (unpaired) electrons. The molecule has 1 aliphatic rings. The summed E-state index contributed by atoms with van der Waals surface area (Å²) in [5, 5.41) is 10.8. The molecule has 5 nitrogen and oxygen atoms in total. The fourth-order valence-electron chi connectivity index (χ4n) is 2.87. The fourth-order valence-corrected chi connectivity index (χ4v) is 3.84. The van der Waals surface area contributed by atoms with Gasteiger partial charge in [-0.2, -0.15) is 0 Å². The number of thioether (sulfide) groups is 1. The first kappa shape index (κ1) is 20.4. The summed E-state index contributed by atoms with van der Waals surface area (Å²) in [5.74, 6) is 0.0310. The van der Waals surface area contributed by atoms with Crippen molar-refractivity contribution in [2.24, 2.45) is 5.73 Å². The quantitative estimate of drug-likeness (QED) is 0.793. The number of rotatable bonds is 3. The molecule has 0 unspecified atom stereocenters. The maximum atomic E-state index is 12.5. The summed E-state index contributed by atoms with van der Waals surface area (Å²) in [7, 11) is 0. The van der Waals surface area contributed by atoms with E-state index in [0.29, 0.717) is 16.5 Å². The van der Waals surface area contributed by atoms with Crippen molar-refractivity contribution < 1.29 is 14.7 Å². The average Bonchev–Trinajstić information content (AvgIpc) is 2.79. The molecule has 0 bridgehead atoms. The number of nitrogens with two attached hydrogens (primary N) is 1. The average molecular weight is 377 g/mol. The van der Waals surface area contributed by atoms with Crippen LogP contribution in [0, 0.1) is 0 Å². The fraction of sp³-hybridized carbons (Fsp3) is 0.500. The molecule has 3 N–H and O–H groups in total. The normalized spacial score (nSPS) is 17.2. The van der Waals surface area contributed by atoms with Crippen LogP contribution in [0.4, 0.5) is 0 Å². The summed E-state index contributed by atoms with van der Waals surface area (Å²) < 4.78 is 0. The van der Waals surface area contributed by atoms with Gasteiger partial charge in [-0.25, -0.2) is 0 Å². The molecule has 6 heteroatoms. The topological polar surface area (TPSA) is 83.6 Å². The highest BCUT2D eigenvalue weighted by molar-refractivity contribution is 8.04. The van der Waals surface area contributed by atoms with E-state index < -0.39 is 5.91 Å². The van der Waals surface area contributed by atoms with Crippen LogP contribution in [0.5, 0.6) is 5.75 Å². The van der Waals surface area contributed by atoms with E-state index in [2.05, 4.69) is 41.5 Å². The van der Waals surface area contributed by atoms with Gasteiger partial charge >= 0.3 is 0 Å². The molecule has 1 aromatic rings. The maximum absolute atomic E-state index is 12.5. The standard InChI is InChI=1S/C20H28N2O3S/c1-19(2,3)13-7-12(8-14(17(13)24)20(4,5)6)9-15-18(25)22(11-26-15)10-16(21)23/h7-9,24H,10-11H2,1-6H3,(H2,21,23)/b15-9-. The molecular weight excluding hydrogens is 348 g/mol. The van der Waals surface area contributed by atoms with Gasteiger partial charge in [0.05, 0.1) is 10.8 Å². The van der Waals surface area contributed by atoms with Gasteiger partial charge in [0.2, 0.25) is 5.91 Å². The number of hydrogen-bond acceptors (Lipinski definition) is 4. The molecule has 1 aromatic carbocycles. The number of amides is 2. The Hall–Kier alpha value is -1.95. The van der Waals surface area contributed by atoms with E-state index in [1.54, 1.807) is 0 Å². The molecule has 0 spiro atoms. The van der Waals surface area contributed by atoms with Crippen LogP contribution in [0.2, 0.25) is 0 Å². The molecule has 142 valence electrons. The number of carbonyl (C=O) groups is 2. The zero-order chi connectivity index (χ0) is 19.9. The van der Waals surface area contributed by atoms with Gasteiger partial charge < -0.3 is 15.7 Å². The predicted molar refractivity (Wildman–Crippen MR) is 107 cm³/mol. The number of aromatic hydroxyl groups is 1. The zero-order valence-corrected chi connectivity index (χ0v) is 17.2. The first-order chi connectivity index (χ1) is 11.8. The van der Waals surface area contributed by atoms with Gasteiger partial charge in [0.1, 0.15) is 12.3 Å². The van der Waals surface area contributed by atoms with Gasteiger partial charge in [-0.3, -0.25) is 9.59 Å². The van der Waals surface area contributed by atoms with Crippen molar-refractivity contribution >= 4 is 29.7 Å². The Morgan fingerprint density at radius 2 is 1.69 bits per heavy atom. The van der Waals surface area contributed by atoms with E-state index >= 15 is 0 Å². The summed E-state index contributed by atoms with van der Waals surface area (Å²) in [6.07, 6.45) is 1.83. The number of carbonyl (C=O) groups excluding carboxylic acids is 2. The van der Waals surface area contributed by atoms with Gasteiger partial charge in [-0.15, -0.1) is 0 Å². The largest absolute Gasteiger partial charge is 0.507 e. The smallest absolute Gasteiger partial charge is 0.261 e.